The van der Waals surface area contributed by atoms with Crippen molar-refractivity contribution in [1.29, 1.82) is 0 Å². The van der Waals surface area contributed by atoms with Crippen LogP contribution in [0.3, 0.4) is 0 Å². The Morgan fingerprint density at radius 1 is 1.14 bits per heavy atom. The van der Waals surface area contributed by atoms with E-state index in [9.17, 15) is 14.4 Å². The van der Waals surface area contributed by atoms with Gasteiger partial charge in [0.15, 0.2) is 5.78 Å². The summed E-state index contributed by atoms with van der Waals surface area (Å²) in [5.41, 5.74) is 1.52. The summed E-state index contributed by atoms with van der Waals surface area (Å²) in [6, 6.07) is 10.5. The number of Topliss-reactive ketones (excluding diaryl/α,β-unsaturated/α-hetero) is 1. The van der Waals surface area contributed by atoms with E-state index in [1.165, 1.54) is 0 Å². The number of hydrogen-bond acceptors (Lipinski definition) is 5. The first-order chi connectivity index (χ1) is 13.5. The molecule has 2 heterocycles. The fourth-order valence-corrected chi connectivity index (χ4v) is 3.81. The van der Waals surface area contributed by atoms with Crippen molar-refractivity contribution in [3.05, 3.63) is 59.7 Å². The summed E-state index contributed by atoms with van der Waals surface area (Å²) in [7, 11) is 1.56. The van der Waals surface area contributed by atoms with Crippen molar-refractivity contribution < 1.29 is 23.5 Å². The van der Waals surface area contributed by atoms with Crippen molar-refractivity contribution in [2.75, 3.05) is 12.4 Å². The van der Waals surface area contributed by atoms with Gasteiger partial charge in [-0.15, -0.1) is 0 Å². The van der Waals surface area contributed by atoms with Crippen LogP contribution in [0.5, 0.6) is 5.75 Å². The molecule has 1 aromatic carbocycles. The highest BCUT2D eigenvalue weighted by Gasteiger charge is 2.41. The zero-order chi connectivity index (χ0) is 19.7. The average Bonchev–Trinajstić information content (AvgIpc) is 3.22. The first-order valence-corrected chi connectivity index (χ1v) is 9.09. The number of anilines is 1. The lowest BCUT2D eigenvalue weighted by Gasteiger charge is -2.32. The summed E-state index contributed by atoms with van der Waals surface area (Å²) in [6.07, 6.45) is 2.24. The number of rotatable bonds is 4. The lowest BCUT2D eigenvalue weighted by molar-refractivity contribution is -0.129. The number of ether oxygens (including phenoxy) is 1. The zero-order valence-electron chi connectivity index (χ0n) is 15.4. The minimum Gasteiger partial charge on any atom is -0.497 e. The molecule has 0 spiro atoms. The van der Waals surface area contributed by atoms with E-state index in [0.717, 1.165) is 0 Å². The van der Waals surface area contributed by atoms with Crippen LogP contribution >= 0.6 is 0 Å². The Hall–Kier alpha value is -3.35. The number of methoxy groups -OCH3 is 1. The predicted octanol–water partition coefficient (Wildman–Crippen LogP) is 2.76. The molecule has 2 amide bonds. The highest BCUT2D eigenvalue weighted by Crippen LogP contribution is 2.39. The number of carbonyl (C=O) groups excluding carboxylic acids is 3. The molecule has 4 rings (SSSR count). The minimum absolute atomic E-state index is 0.0437. The summed E-state index contributed by atoms with van der Waals surface area (Å²) < 4.78 is 10.5. The van der Waals surface area contributed by atoms with Crippen LogP contribution in [0.25, 0.3) is 0 Å². The smallest absolute Gasteiger partial charge is 0.232 e. The van der Waals surface area contributed by atoms with Gasteiger partial charge in [0.2, 0.25) is 11.8 Å². The van der Waals surface area contributed by atoms with Gasteiger partial charge in [0.25, 0.3) is 0 Å². The summed E-state index contributed by atoms with van der Waals surface area (Å²) >= 11 is 0. The van der Waals surface area contributed by atoms with Gasteiger partial charge in [-0.2, -0.15) is 0 Å². The Bertz CT molecular complexity index is 944. The number of benzene rings is 1. The molecule has 144 valence electrons. The fraction of sp³-hybridized carbons (Fsp3) is 0.286. The van der Waals surface area contributed by atoms with Gasteiger partial charge in [-0.25, -0.2) is 0 Å². The molecule has 7 heteroatoms. The second-order valence-corrected chi connectivity index (χ2v) is 6.96. The topological polar surface area (TPSA) is 97.6 Å². The molecule has 1 aromatic heterocycles. The van der Waals surface area contributed by atoms with E-state index >= 15 is 0 Å². The van der Waals surface area contributed by atoms with E-state index < -0.39 is 5.92 Å². The van der Waals surface area contributed by atoms with Crippen LogP contribution in [0, 0.1) is 5.92 Å². The van der Waals surface area contributed by atoms with Gasteiger partial charge < -0.3 is 19.8 Å². The van der Waals surface area contributed by atoms with Gasteiger partial charge in [0.1, 0.15) is 11.5 Å². The Kier molecular flexibility index (Phi) is 4.73. The second-order valence-electron chi connectivity index (χ2n) is 6.96. The van der Waals surface area contributed by atoms with Crippen molar-refractivity contribution in [1.82, 2.24) is 5.32 Å². The van der Waals surface area contributed by atoms with E-state index in [1.54, 1.807) is 43.7 Å². The first kappa shape index (κ1) is 18.0. The third-order valence-corrected chi connectivity index (χ3v) is 5.16. The van der Waals surface area contributed by atoms with Crippen LogP contribution in [0.1, 0.15) is 30.9 Å². The maximum atomic E-state index is 12.9. The van der Waals surface area contributed by atoms with Crippen molar-refractivity contribution in [2.24, 2.45) is 5.92 Å². The maximum absolute atomic E-state index is 12.9. The molecule has 0 fully saturated rings. The van der Waals surface area contributed by atoms with Crippen LogP contribution in [0.4, 0.5) is 5.69 Å². The number of amides is 2. The number of carbonyl (C=O) groups is 3. The summed E-state index contributed by atoms with van der Waals surface area (Å²) in [4.78, 5) is 37.9. The number of furan rings is 1. The molecule has 1 aliphatic heterocycles. The van der Waals surface area contributed by atoms with Crippen molar-refractivity contribution in [3.63, 3.8) is 0 Å². The molecule has 7 nitrogen and oxygen atoms in total. The van der Waals surface area contributed by atoms with E-state index in [2.05, 4.69) is 10.6 Å². The molecule has 0 radical (unpaired) electrons. The van der Waals surface area contributed by atoms with Gasteiger partial charge in [-0.1, -0.05) is 0 Å². The highest BCUT2D eigenvalue weighted by molar-refractivity contribution is 6.09. The Morgan fingerprint density at radius 3 is 2.61 bits per heavy atom. The van der Waals surface area contributed by atoms with Crippen LogP contribution < -0.4 is 15.4 Å². The van der Waals surface area contributed by atoms with Gasteiger partial charge in [0, 0.05) is 35.7 Å². The van der Waals surface area contributed by atoms with E-state index in [-0.39, 0.29) is 36.4 Å². The molecule has 2 unspecified atom stereocenters. The molecule has 0 bridgehead atoms. The van der Waals surface area contributed by atoms with Crippen LogP contribution in [0.2, 0.25) is 0 Å². The average molecular weight is 380 g/mol. The molecule has 0 saturated carbocycles. The second kappa shape index (κ2) is 7.34. The summed E-state index contributed by atoms with van der Waals surface area (Å²) in [5.74, 6) is -0.303. The van der Waals surface area contributed by atoms with E-state index in [0.29, 0.717) is 34.9 Å². The van der Waals surface area contributed by atoms with Crippen molar-refractivity contribution in [2.45, 2.75) is 25.2 Å². The Balaban J connectivity index is 1.57. The van der Waals surface area contributed by atoms with Gasteiger partial charge in [-0.05, 0) is 42.8 Å². The highest BCUT2D eigenvalue weighted by atomic mass is 16.5. The molecule has 2 aromatic rings. The lowest BCUT2D eigenvalue weighted by Crippen LogP contribution is -2.43. The van der Waals surface area contributed by atoms with Crippen LogP contribution in [-0.4, -0.2) is 24.7 Å². The third-order valence-electron chi connectivity index (χ3n) is 5.16. The summed E-state index contributed by atoms with van der Waals surface area (Å²) in [6.45, 7) is 0. The van der Waals surface area contributed by atoms with E-state index in [4.69, 9.17) is 9.15 Å². The largest absolute Gasteiger partial charge is 0.497 e. The van der Waals surface area contributed by atoms with Crippen LogP contribution in [0.15, 0.2) is 58.3 Å². The Labute approximate surface area is 161 Å². The normalized spacial score (nSPS) is 21.8. The number of hydrogen-bond donors (Lipinski definition) is 2. The molecular formula is C21H20N2O5. The molecular weight excluding hydrogens is 360 g/mol. The Morgan fingerprint density at radius 2 is 1.93 bits per heavy atom. The molecule has 1 aliphatic carbocycles. The SMILES string of the molecule is COc1ccc(NC(=O)C2CC(=O)NC3=C2C(=O)CC(c2ccco2)C3)cc1. The quantitative estimate of drug-likeness (QED) is 0.850. The fourth-order valence-electron chi connectivity index (χ4n) is 3.81. The molecule has 0 saturated heterocycles. The number of nitrogens with one attached hydrogen (secondary N) is 2. The summed E-state index contributed by atoms with van der Waals surface area (Å²) in [5, 5.41) is 5.58. The standard InChI is InChI=1S/C21H20N2O5/c1-27-14-6-4-13(5-7-14)22-21(26)15-11-19(25)23-16-9-12(10-17(24)20(15)16)18-3-2-8-28-18/h2-8,12,15H,9-11H2,1H3,(H,22,26)(H,23,25). The number of ketones is 1. The monoisotopic (exact) mass is 380 g/mol. The van der Waals surface area contributed by atoms with Gasteiger partial charge >= 0.3 is 0 Å². The molecule has 2 atom stereocenters. The molecule has 2 N–H and O–H groups in total. The van der Waals surface area contributed by atoms with E-state index in [1.807, 2.05) is 6.07 Å². The van der Waals surface area contributed by atoms with Crippen LogP contribution in [-0.2, 0) is 14.4 Å². The predicted molar refractivity (Wildman–Crippen MR) is 101 cm³/mol. The zero-order valence-corrected chi connectivity index (χ0v) is 15.4. The maximum Gasteiger partial charge on any atom is 0.232 e. The lowest BCUT2D eigenvalue weighted by atomic mass is 9.76. The third kappa shape index (κ3) is 3.43. The molecule has 28 heavy (non-hydrogen) atoms. The van der Waals surface area contributed by atoms with Crippen molar-refractivity contribution >= 4 is 23.3 Å². The minimum atomic E-state index is -0.795. The molecule has 2 aliphatic rings. The first-order valence-electron chi connectivity index (χ1n) is 9.09. The van der Waals surface area contributed by atoms with Gasteiger partial charge in [-0.3, -0.25) is 14.4 Å². The number of allylic oxidation sites excluding steroid dienone is 1. The van der Waals surface area contributed by atoms with Gasteiger partial charge in [0.05, 0.1) is 19.3 Å². The van der Waals surface area contributed by atoms with Crippen molar-refractivity contribution in [3.8, 4) is 5.75 Å².